The third-order valence-corrected chi connectivity index (χ3v) is 2.95. The summed E-state index contributed by atoms with van der Waals surface area (Å²) in [5.41, 5.74) is 6.47. The fraction of sp³-hybridized carbons (Fsp3) is 0.214. The van der Waals surface area contributed by atoms with Crippen molar-refractivity contribution in [3.05, 3.63) is 52.1 Å². The van der Waals surface area contributed by atoms with Crippen molar-refractivity contribution < 1.29 is 9.66 Å². The molecule has 0 spiro atoms. The van der Waals surface area contributed by atoms with E-state index in [1.807, 2.05) is 24.3 Å². The van der Waals surface area contributed by atoms with Gasteiger partial charge >= 0.3 is 5.69 Å². The molecule has 21 heavy (non-hydrogen) atoms. The van der Waals surface area contributed by atoms with Gasteiger partial charge in [-0.3, -0.25) is 10.1 Å². The minimum atomic E-state index is -0.553. The molecule has 0 atom stereocenters. The van der Waals surface area contributed by atoms with Gasteiger partial charge in [0.1, 0.15) is 11.6 Å². The first kappa shape index (κ1) is 14.6. The molecule has 0 amide bonds. The summed E-state index contributed by atoms with van der Waals surface area (Å²) in [6, 6.07) is 10.7. The highest BCUT2D eigenvalue weighted by atomic mass is 16.6. The van der Waals surface area contributed by atoms with Gasteiger partial charge in [-0.1, -0.05) is 12.1 Å². The highest BCUT2D eigenvalue weighted by molar-refractivity contribution is 5.57. The largest absolute Gasteiger partial charge is 0.497 e. The Balaban J connectivity index is 1.94. The number of pyridine rings is 1. The van der Waals surface area contributed by atoms with Gasteiger partial charge in [0.2, 0.25) is 5.82 Å². The van der Waals surface area contributed by atoms with Crippen molar-refractivity contribution in [3.8, 4) is 5.75 Å². The minimum Gasteiger partial charge on any atom is -0.497 e. The zero-order valence-electron chi connectivity index (χ0n) is 11.6. The van der Waals surface area contributed by atoms with Crippen LogP contribution in [-0.2, 0) is 6.42 Å². The fourth-order valence-electron chi connectivity index (χ4n) is 1.88. The fourth-order valence-corrected chi connectivity index (χ4v) is 1.88. The lowest BCUT2D eigenvalue weighted by molar-refractivity contribution is -0.384. The number of rotatable bonds is 6. The van der Waals surface area contributed by atoms with E-state index in [4.69, 9.17) is 10.5 Å². The van der Waals surface area contributed by atoms with E-state index < -0.39 is 4.92 Å². The maximum atomic E-state index is 10.6. The van der Waals surface area contributed by atoms with E-state index >= 15 is 0 Å². The molecule has 0 fully saturated rings. The monoisotopic (exact) mass is 288 g/mol. The van der Waals surface area contributed by atoms with Gasteiger partial charge in [-0.05, 0) is 30.2 Å². The molecular weight excluding hydrogens is 272 g/mol. The van der Waals surface area contributed by atoms with Crippen LogP contribution in [0.25, 0.3) is 0 Å². The molecule has 0 unspecified atom stereocenters. The van der Waals surface area contributed by atoms with Gasteiger partial charge in [0.05, 0.1) is 12.0 Å². The van der Waals surface area contributed by atoms with Crippen LogP contribution in [0.1, 0.15) is 5.56 Å². The van der Waals surface area contributed by atoms with E-state index in [0.29, 0.717) is 12.4 Å². The molecule has 1 aromatic carbocycles. The van der Waals surface area contributed by atoms with Crippen LogP contribution in [0.15, 0.2) is 36.4 Å². The molecule has 0 aliphatic carbocycles. The average molecular weight is 288 g/mol. The molecule has 2 rings (SSSR count). The molecule has 0 saturated heterocycles. The van der Waals surface area contributed by atoms with Gasteiger partial charge < -0.3 is 15.8 Å². The average Bonchev–Trinajstić information content (AvgIpc) is 2.47. The van der Waals surface area contributed by atoms with Crippen LogP contribution in [0.5, 0.6) is 5.75 Å². The van der Waals surface area contributed by atoms with Gasteiger partial charge in [-0.2, -0.15) is 0 Å². The molecular formula is C14H16N4O3. The van der Waals surface area contributed by atoms with Crippen molar-refractivity contribution in [2.45, 2.75) is 6.42 Å². The first-order chi connectivity index (χ1) is 10.1. The van der Waals surface area contributed by atoms with E-state index in [0.717, 1.165) is 17.7 Å². The van der Waals surface area contributed by atoms with Crippen LogP contribution in [0, 0.1) is 10.1 Å². The summed E-state index contributed by atoms with van der Waals surface area (Å²) in [6.07, 6.45) is 0.774. The number of hydrogen-bond acceptors (Lipinski definition) is 6. The number of benzene rings is 1. The molecule has 0 saturated carbocycles. The first-order valence-electron chi connectivity index (χ1n) is 6.38. The molecule has 3 N–H and O–H groups in total. The maximum Gasteiger partial charge on any atom is 0.311 e. The molecule has 2 aromatic rings. The topological polar surface area (TPSA) is 103 Å². The second kappa shape index (κ2) is 6.56. The highest BCUT2D eigenvalue weighted by Crippen LogP contribution is 2.20. The van der Waals surface area contributed by atoms with Crippen molar-refractivity contribution >= 4 is 17.3 Å². The Morgan fingerprint density at radius 1 is 1.38 bits per heavy atom. The molecule has 110 valence electrons. The van der Waals surface area contributed by atoms with Gasteiger partial charge in [0.15, 0.2) is 0 Å². The van der Waals surface area contributed by atoms with Crippen LogP contribution in [0.2, 0.25) is 0 Å². The molecule has 0 aliphatic rings. The number of ether oxygens (including phenoxy) is 1. The summed E-state index contributed by atoms with van der Waals surface area (Å²) in [4.78, 5) is 14.1. The zero-order chi connectivity index (χ0) is 15.2. The summed E-state index contributed by atoms with van der Waals surface area (Å²) < 4.78 is 5.16. The lowest BCUT2D eigenvalue weighted by Crippen LogP contribution is -2.08. The van der Waals surface area contributed by atoms with Crippen molar-refractivity contribution in [2.24, 2.45) is 0 Å². The van der Waals surface area contributed by atoms with Crippen molar-refractivity contribution in [1.82, 2.24) is 4.98 Å². The van der Waals surface area contributed by atoms with Crippen LogP contribution >= 0.6 is 0 Å². The van der Waals surface area contributed by atoms with E-state index in [-0.39, 0.29) is 11.5 Å². The molecule has 1 aromatic heterocycles. The van der Waals surface area contributed by atoms with Crippen molar-refractivity contribution in [1.29, 1.82) is 0 Å². The molecule has 0 radical (unpaired) electrons. The van der Waals surface area contributed by atoms with E-state index in [1.165, 1.54) is 6.07 Å². The van der Waals surface area contributed by atoms with Gasteiger partial charge in [0.25, 0.3) is 0 Å². The van der Waals surface area contributed by atoms with Crippen LogP contribution in [0.4, 0.5) is 17.3 Å². The second-order valence-corrected chi connectivity index (χ2v) is 4.39. The Kier molecular flexibility index (Phi) is 4.55. The van der Waals surface area contributed by atoms with Gasteiger partial charge in [-0.15, -0.1) is 0 Å². The Morgan fingerprint density at radius 2 is 2.19 bits per heavy atom. The van der Waals surface area contributed by atoms with E-state index in [1.54, 1.807) is 13.2 Å². The molecule has 0 bridgehead atoms. The standard InChI is InChI=1S/C14H16N4O3/c1-21-11-4-2-3-10(9-11)7-8-16-13-6-5-12(18(19)20)14(15)17-13/h2-6,9H,7-8H2,1H3,(H3,15,16,17). The number of nitrogens with one attached hydrogen (secondary N) is 1. The van der Waals surface area contributed by atoms with E-state index in [2.05, 4.69) is 10.3 Å². The number of nitrogen functional groups attached to an aromatic ring is 1. The Labute approximate surface area is 121 Å². The molecule has 0 aliphatic heterocycles. The lowest BCUT2D eigenvalue weighted by atomic mass is 10.1. The van der Waals surface area contributed by atoms with Gasteiger partial charge in [-0.25, -0.2) is 4.98 Å². The predicted molar refractivity (Wildman–Crippen MR) is 80.5 cm³/mol. The maximum absolute atomic E-state index is 10.6. The number of nitrogens with zero attached hydrogens (tertiary/aromatic N) is 2. The number of aromatic nitrogens is 1. The zero-order valence-corrected chi connectivity index (χ0v) is 11.6. The smallest absolute Gasteiger partial charge is 0.311 e. The molecule has 7 heteroatoms. The van der Waals surface area contributed by atoms with Crippen LogP contribution < -0.4 is 15.8 Å². The number of methoxy groups -OCH3 is 1. The SMILES string of the molecule is COc1cccc(CCNc2ccc([N+](=O)[O-])c(N)n2)c1. The number of nitro groups is 1. The Morgan fingerprint density at radius 3 is 2.86 bits per heavy atom. The normalized spacial score (nSPS) is 10.1. The quantitative estimate of drug-likeness (QED) is 0.624. The third kappa shape index (κ3) is 3.82. The Bertz CT molecular complexity index is 646. The molecule has 7 nitrogen and oxygen atoms in total. The summed E-state index contributed by atoms with van der Waals surface area (Å²) >= 11 is 0. The number of anilines is 2. The van der Waals surface area contributed by atoms with Gasteiger partial charge in [0, 0.05) is 12.6 Å². The lowest BCUT2D eigenvalue weighted by Gasteiger charge is -2.07. The number of hydrogen-bond donors (Lipinski definition) is 2. The van der Waals surface area contributed by atoms with Crippen molar-refractivity contribution in [3.63, 3.8) is 0 Å². The summed E-state index contributed by atoms with van der Waals surface area (Å²) in [6.45, 7) is 0.636. The van der Waals surface area contributed by atoms with Crippen molar-refractivity contribution in [2.75, 3.05) is 24.7 Å². The third-order valence-electron chi connectivity index (χ3n) is 2.95. The highest BCUT2D eigenvalue weighted by Gasteiger charge is 2.12. The second-order valence-electron chi connectivity index (χ2n) is 4.39. The summed E-state index contributed by atoms with van der Waals surface area (Å²) in [5, 5.41) is 13.7. The van der Waals surface area contributed by atoms with Crippen LogP contribution in [-0.4, -0.2) is 23.6 Å². The predicted octanol–water partition coefficient (Wildman–Crippen LogP) is 2.24. The molecule has 1 heterocycles. The summed E-state index contributed by atoms with van der Waals surface area (Å²) in [5.74, 6) is 1.23. The van der Waals surface area contributed by atoms with E-state index in [9.17, 15) is 10.1 Å². The minimum absolute atomic E-state index is 0.0913. The first-order valence-corrected chi connectivity index (χ1v) is 6.38. The Hall–Kier alpha value is -2.83. The van der Waals surface area contributed by atoms with Crippen LogP contribution in [0.3, 0.4) is 0 Å². The summed E-state index contributed by atoms with van der Waals surface area (Å²) in [7, 11) is 1.63. The number of nitrogens with two attached hydrogens (primary N) is 1.